The first kappa shape index (κ1) is 12.0. The Kier molecular flexibility index (Phi) is 2.76. The molecule has 0 saturated heterocycles. The number of aromatic hydroxyl groups is 1. The molecule has 3 rings (SSSR count). The van der Waals surface area contributed by atoms with Crippen LogP contribution in [0, 0.1) is 0 Å². The van der Waals surface area contributed by atoms with Gasteiger partial charge in [0.15, 0.2) is 0 Å². The molecular weight excluding hydrogens is 258 g/mol. The van der Waals surface area contributed by atoms with E-state index in [0.717, 1.165) is 9.25 Å². The van der Waals surface area contributed by atoms with Crippen molar-refractivity contribution in [2.75, 3.05) is 0 Å². The second kappa shape index (κ2) is 4.58. The van der Waals surface area contributed by atoms with E-state index in [2.05, 4.69) is 5.10 Å². The molecule has 6 nitrogen and oxygen atoms in total. The summed E-state index contributed by atoms with van der Waals surface area (Å²) in [7, 11) is 0. The van der Waals surface area contributed by atoms with E-state index in [1.54, 1.807) is 36.4 Å². The van der Waals surface area contributed by atoms with Gasteiger partial charge in [0.05, 0.1) is 11.4 Å². The predicted molar refractivity (Wildman–Crippen MR) is 73.7 cm³/mol. The first-order valence-corrected chi connectivity index (χ1v) is 5.96. The molecule has 2 aromatic carbocycles. The van der Waals surface area contributed by atoms with Gasteiger partial charge in [0.1, 0.15) is 5.75 Å². The molecule has 0 aliphatic carbocycles. The van der Waals surface area contributed by atoms with Crippen molar-refractivity contribution in [3.63, 3.8) is 0 Å². The molecule has 6 heteroatoms. The minimum Gasteiger partial charge on any atom is -0.506 e. The van der Waals surface area contributed by atoms with Gasteiger partial charge < -0.3 is 5.11 Å². The van der Waals surface area contributed by atoms with Crippen molar-refractivity contribution in [1.82, 2.24) is 14.3 Å². The minimum atomic E-state index is -0.611. The molecule has 0 aliphatic heterocycles. The molecule has 2 N–H and O–H groups in total. The van der Waals surface area contributed by atoms with Gasteiger partial charge in [-0.3, -0.25) is 0 Å². The van der Waals surface area contributed by atoms with Crippen molar-refractivity contribution in [2.24, 2.45) is 0 Å². The number of hydrogen-bond acceptors (Lipinski definition) is 3. The Morgan fingerprint density at radius 1 is 0.900 bits per heavy atom. The molecule has 0 unspecified atom stereocenters. The second-order valence-corrected chi connectivity index (χ2v) is 4.19. The van der Waals surface area contributed by atoms with E-state index in [4.69, 9.17) is 0 Å². The quantitative estimate of drug-likeness (QED) is 0.729. The molecule has 0 bridgehead atoms. The van der Waals surface area contributed by atoms with Gasteiger partial charge >= 0.3 is 11.4 Å². The van der Waals surface area contributed by atoms with Crippen molar-refractivity contribution in [1.29, 1.82) is 0 Å². The van der Waals surface area contributed by atoms with Gasteiger partial charge in [0.2, 0.25) is 0 Å². The maximum absolute atomic E-state index is 12.3. The predicted octanol–water partition coefficient (Wildman–Crippen LogP) is 1.02. The maximum Gasteiger partial charge on any atom is 0.356 e. The molecule has 1 aromatic heterocycles. The van der Waals surface area contributed by atoms with Crippen molar-refractivity contribution < 1.29 is 5.11 Å². The third kappa shape index (κ3) is 1.83. The summed E-state index contributed by atoms with van der Waals surface area (Å²) in [6, 6.07) is 14.9. The van der Waals surface area contributed by atoms with E-state index in [-0.39, 0.29) is 11.4 Å². The first-order chi connectivity index (χ1) is 9.68. The van der Waals surface area contributed by atoms with Crippen LogP contribution in [-0.4, -0.2) is 19.5 Å². The highest BCUT2D eigenvalue weighted by Crippen LogP contribution is 2.17. The number of phenolic OH excluding ortho intramolecular Hbond substituents is 1. The fraction of sp³-hybridized carbons (Fsp3) is 0. The number of aromatic amines is 1. The monoisotopic (exact) mass is 269 g/mol. The standard InChI is InChI=1S/C14H11N3O3/c18-12-9-5-4-8-11(12)16-13(19)15-17(14(16)20)10-6-2-1-3-7-10/h1-9,18H,(H,15,19). The first-order valence-electron chi connectivity index (χ1n) is 5.96. The molecule has 1 heterocycles. The molecule has 0 saturated carbocycles. The average molecular weight is 269 g/mol. The van der Waals surface area contributed by atoms with Gasteiger partial charge in [-0.05, 0) is 24.3 Å². The molecule has 0 fully saturated rings. The molecule has 0 atom stereocenters. The Bertz CT molecular complexity index is 859. The Hall–Kier alpha value is -3.02. The van der Waals surface area contributed by atoms with Crippen LogP contribution in [0.25, 0.3) is 11.4 Å². The third-order valence-corrected chi connectivity index (χ3v) is 2.93. The van der Waals surface area contributed by atoms with Gasteiger partial charge in [-0.15, -0.1) is 0 Å². The van der Waals surface area contributed by atoms with Crippen molar-refractivity contribution in [3.8, 4) is 17.1 Å². The van der Waals surface area contributed by atoms with Crippen LogP contribution >= 0.6 is 0 Å². The lowest BCUT2D eigenvalue weighted by molar-refractivity contribution is 0.471. The number of H-pyrrole nitrogens is 1. The van der Waals surface area contributed by atoms with E-state index in [1.165, 1.54) is 12.1 Å². The van der Waals surface area contributed by atoms with Gasteiger partial charge in [-0.2, -0.15) is 0 Å². The Morgan fingerprint density at radius 3 is 2.25 bits per heavy atom. The van der Waals surface area contributed by atoms with Gasteiger partial charge in [-0.1, -0.05) is 30.3 Å². The van der Waals surface area contributed by atoms with Crippen LogP contribution in [0.4, 0.5) is 0 Å². The zero-order chi connectivity index (χ0) is 14.1. The van der Waals surface area contributed by atoms with Crippen LogP contribution in [0.2, 0.25) is 0 Å². The number of nitrogens with one attached hydrogen (secondary N) is 1. The van der Waals surface area contributed by atoms with Crippen molar-refractivity contribution in [3.05, 3.63) is 75.6 Å². The molecule has 100 valence electrons. The summed E-state index contributed by atoms with van der Waals surface area (Å²) in [5.74, 6) is -0.133. The highest BCUT2D eigenvalue weighted by molar-refractivity contribution is 5.45. The fourth-order valence-electron chi connectivity index (χ4n) is 2.00. The summed E-state index contributed by atoms with van der Waals surface area (Å²) >= 11 is 0. The molecule has 0 aliphatic rings. The molecular formula is C14H11N3O3. The largest absolute Gasteiger partial charge is 0.506 e. The van der Waals surface area contributed by atoms with Crippen LogP contribution < -0.4 is 11.4 Å². The lowest BCUT2D eigenvalue weighted by Gasteiger charge is -2.02. The maximum atomic E-state index is 12.3. The molecule has 20 heavy (non-hydrogen) atoms. The van der Waals surface area contributed by atoms with Crippen molar-refractivity contribution in [2.45, 2.75) is 0 Å². The summed E-state index contributed by atoms with van der Waals surface area (Å²) in [4.78, 5) is 24.3. The van der Waals surface area contributed by atoms with Gasteiger partial charge in [-0.25, -0.2) is 23.9 Å². The number of aromatic nitrogens is 3. The average Bonchev–Trinajstić information content (AvgIpc) is 2.76. The fourth-order valence-corrected chi connectivity index (χ4v) is 2.00. The van der Waals surface area contributed by atoms with Gasteiger partial charge in [0, 0.05) is 0 Å². The number of nitrogens with zero attached hydrogens (tertiary/aromatic N) is 2. The number of rotatable bonds is 2. The summed E-state index contributed by atoms with van der Waals surface area (Å²) in [5.41, 5.74) is -0.486. The zero-order valence-electron chi connectivity index (χ0n) is 10.4. The molecule has 0 radical (unpaired) electrons. The Labute approximate surface area is 113 Å². The number of hydrogen-bond donors (Lipinski definition) is 2. The zero-order valence-corrected chi connectivity index (χ0v) is 10.4. The normalized spacial score (nSPS) is 10.6. The lowest BCUT2D eigenvalue weighted by atomic mass is 10.3. The molecule has 3 aromatic rings. The topological polar surface area (TPSA) is 80.0 Å². The summed E-state index contributed by atoms with van der Waals surface area (Å²) in [5, 5.41) is 12.2. The van der Waals surface area contributed by atoms with E-state index in [0.29, 0.717) is 5.69 Å². The van der Waals surface area contributed by atoms with Crippen LogP contribution in [0.15, 0.2) is 64.2 Å². The smallest absolute Gasteiger partial charge is 0.356 e. The summed E-state index contributed by atoms with van der Waals surface area (Å²) < 4.78 is 2.02. The van der Waals surface area contributed by atoms with E-state index in [1.807, 2.05) is 6.07 Å². The van der Waals surface area contributed by atoms with Crippen LogP contribution in [0.1, 0.15) is 0 Å². The van der Waals surface area contributed by atoms with Gasteiger partial charge in [0.25, 0.3) is 0 Å². The Morgan fingerprint density at radius 2 is 1.55 bits per heavy atom. The Balaban J connectivity index is 2.26. The minimum absolute atomic E-state index is 0.133. The van der Waals surface area contributed by atoms with Crippen LogP contribution in [0.3, 0.4) is 0 Å². The van der Waals surface area contributed by atoms with E-state index < -0.39 is 11.4 Å². The summed E-state index contributed by atoms with van der Waals surface area (Å²) in [6.07, 6.45) is 0. The number of para-hydroxylation sites is 3. The highest BCUT2D eigenvalue weighted by atomic mass is 16.3. The lowest BCUT2D eigenvalue weighted by Crippen LogP contribution is -2.26. The number of phenols is 1. The second-order valence-electron chi connectivity index (χ2n) is 4.19. The summed E-state index contributed by atoms with van der Waals surface area (Å²) in [6.45, 7) is 0. The third-order valence-electron chi connectivity index (χ3n) is 2.93. The number of benzene rings is 2. The van der Waals surface area contributed by atoms with E-state index >= 15 is 0 Å². The van der Waals surface area contributed by atoms with E-state index in [9.17, 15) is 14.7 Å². The van der Waals surface area contributed by atoms with Crippen molar-refractivity contribution >= 4 is 0 Å². The highest BCUT2D eigenvalue weighted by Gasteiger charge is 2.14. The molecule has 0 spiro atoms. The van der Waals surface area contributed by atoms with Crippen LogP contribution in [-0.2, 0) is 0 Å². The SMILES string of the molecule is O=c1[nH]n(-c2ccccc2)c(=O)n1-c1ccccc1O. The molecule has 0 amide bonds. The van der Waals surface area contributed by atoms with Crippen LogP contribution in [0.5, 0.6) is 5.75 Å².